The molecule has 0 aromatic heterocycles. The summed E-state index contributed by atoms with van der Waals surface area (Å²) in [6.45, 7) is 13.0. The molecule has 35 heavy (non-hydrogen) atoms. The zero-order valence-corrected chi connectivity index (χ0v) is 22.4. The fourth-order valence-corrected chi connectivity index (χ4v) is 3.34. The highest BCUT2D eigenvalue weighted by molar-refractivity contribution is 7.65. The number of nitrogens with zero attached hydrogens (tertiary/aromatic N) is 1. The Morgan fingerprint density at radius 1 is 1.09 bits per heavy atom. The zero-order valence-electron chi connectivity index (χ0n) is 21.5. The van der Waals surface area contributed by atoms with Gasteiger partial charge in [0.05, 0.1) is 23.5 Å². The van der Waals surface area contributed by atoms with Gasteiger partial charge in [0.15, 0.2) is 6.79 Å². The molecular formula is C23H37N2O9P. The van der Waals surface area contributed by atoms with E-state index in [2.05, 4.69) is 11.9 Å². The van der Waals surface area contributed by atoms with Crippen LogP contribution in [0.1, 0.15) is 54.4 Å². The van der Waals surface area contributed by atoms with Crippen molar-refractivity contribution in [3.05, 3.63) is 24.6 Å². The molecule has 1 aliphatic rings. The second kappa shape index (κ2) is 13.7. The summed E-state index contributed by atoms with van der Waals surface area (Å²) in [5.74, 6) is -1.25. The van der Waals surface area contributed by atoms with Crippen LogP contribution in [0, 0.1) is 10.8 Å². The quantitative estimate of drug-likeness (QED) is 0.102. The number of carbonyl (C=O) groups is 4. The summed E-state index contributed by atoms with van der Waals surface area (Å²) >= 11 is 0. The van der Waals surface area contributed by atoms with Gasteiger partial charge in [-0.25, -0.2) is 4.79 Å². The van der Waals surface area contributed by atoms with Crippen molar-refractivity contribution in [1.29, 1.82) is 0 Å². The lowest BCUT2D eigenvalue weighted by molar-refractivity contribution is -0.160. The average molecular weight is 517 g/mol. The maximum atomic E-state index is 12.6. The minimum atomic E-state index is -2.35. The molecule has 1 aliphatic heterocycles. The molecule has 0 aromatic rings. The first-order valence-corrected chi connectivity index (χ1v) is 12.3. The van der Waals surface area contributed by atoms with Gasteiger partial charge in [-0.15, -0.1) is 0 Å². The van der Waals surface area contributed by atoms with Crippen molar-refractivity contribution in [2.24, 2.45) is 10.8 Å². The van der Waals surface area contributed by atoms with Crippen molar-refractivity contribution in [1.82, 2.24) is 10.2 Å². The number of nitrogens with one attached hydrogen (secondary N) is 1. The number of carbonyl (C=O) groups excluding carboxylic acids is 4. The van der Waals surface area contributed by atoms with Crippen LogP contribution in [0.4, 0.5) is 4.79 Å². The Kier molecular flexibility index (Phi) is 12.0. The number of esters is 2. The Balaban J connectivity index is 2.69. The smallest absolute Gasteiger partial charge is 0.391 e. The highest BCUT2D eigenvalue weighted by Gasteiger charge is 2.35. The standard InChI is InChI=1S/C23H37N2O9P/c1-16(24-14-26)11-12-25(8)18-10-9-17(33-18)13-31-35(21(29)34-20(28)23(5,6)7)32-15-30-19(27)22(2,3)4/h11-12,14,17-18H,1,9-10,13,15H2,2-8H3,(H,24,26)/b12-11-. The zero-order chi connectivity index (χ0) is 26.8. The van der Waals surface area contributed by atoms with Gasteiger partial charge in [0.25, 0.3) is 8.38 Å². The molecule has 198 valence electrons. The summed E-state index contributed by atoms with van der Waals surface area (Å²) < 4.78 is 26.9. The second-order valence-corrected chi connectivity index (χ2v) is 11.3. The van der Waals surface area contributed by atoms with E-state index in [0.29, 0.717) is 24.9 Å². The van der Waals surface area contributed by atoms with Gasteiger partial charge >= 0.3 is 17.6 Å². The molecule has 1 heterocycles. The summed E-state index contributed by atoms with van der Waals surface area (Å²) in [6, 6.07) is 0. The molecule has 1 fully saturated rings. The van der Waals surface area contributed by atoms with Crippen LogP contribution in [0.2, 0.25) is 0 Å². The van der Waals surface area contributed by atoms with E-state index in [4.69, 9.17) is 23.3 Å². The molecule has 0 spiro atoms. The fourth-order valence-electron chi connectivity index (χ4n) is 2.44. The molecule has 3 atom stereocenters. The van der Waals surface area contributed by atoms with Crippen LogP contribution in [0.5, 0.6) is 0 Å². The van der Waals surface area contributed by atoms with E-state index in [1.165, 1.54) is 0 Å². The van der Waals surface area contributed by atoms with Gasteiger partial charge in [0, 0.05) is 18.9 Å². The largest absolute Gasteiger partial charge is 0.438 e. The van der Waals surface area contributed by atoms with Crippen LogP contribution >= 0.6 is 8.38 Å². The predicted octanol–water partition coefficient (Wildman–Crippen LogP) is 3.80. The lowest BCUT2D eigenvalue weighted by atomic mass is 9.98. The maximum absolute atomic E-state index is 12.6. The third kappa shape index (κ3) is 11.3. The highest BCUT2D eigenvalue weighted by Crippen LogP contribution is 2.42. The van der Waals surface area contributed by atoms with E-state index in [1.54, 1.807) is 53.8 Å². The Hall–Kier alpha value is -2.33. The number of allylic oxidation sites excluding steroid dienone is 1. The first kappa shape index (κ1) is 30.7. The van der Waals surface area contributed by atoms with Gasteiger partial charge in [0.1, 0.15) is 6.23 Å². The fraction of sp³-hybridized carbons (Fsp3) is 0.652. The Labute approximate surface area is 208 Å². The Morgan fingerprint density at radius 3 is 2.29 bits per heavy atom. The molecule has 3 unspecified atom stereocenters. The van der Waals surface area contributed by atoms with Crippen molar-refractivity contribution in [2.75, 3.05) is 20.4 Å². The minimum absolute atomic E-state index is 0.00515. The molecule has 12 heteroatoms. The van der Waals surface area contributed by atoms with Crippen molar-refractivity contribution in [3.8, 4) is 0 Å². The first-order valence-electron chi connectivity index (χ1n) is 11.1. The molecule has 11 nitrogen and oxygen atoms in total. The minimum Gasteiger partial charge on any atom is -0.438 e. The Morgan fingerprint density at radius 2 is 1.71 bits per heavy atom. The number of hydrogen-bond acceptors (Lipinski definition) is 10. The summed E-state index contributed by atoms with van der Waals surface area (Å²) in [7, 11) is -0.540. The number of rotatable bonds is 12. The Bertz CT molecular complexity index is 802. The highest BCUT2D eigenvalue weighted by atomic mass is 31.2. The molecule has 0 bridgehead atoms. The maximum Gasteiger partial charge on any atom is 0.391 e. The summed E-state index contributed by atoms with van der Waals surface area (Å²) in [6.07, 6.45) is 4.64. The van der Waals surface area contributed by atoms with Crippen molar-refractivity contribution >= 4 is 32.4 Å². The van der Waals surface area contributed by atoms with Crippen LogP contribution < -0.4 is 5.32 Å². The third-order valence-corrected chi connectivity index (χ3v) is 5.70. The molecule has 1 N–H and O–H groups in total. The van der Waals surface area contributed by atoms with E-state index in [0.717, 1.165) is 0 Å². The van der Waals surface area contributed by atoms with Gasteiger partial charge in [0.2, 0.25) is 6.41 Å². The van der Waals surface area contributed by atoms with E-state index >= 15 is 0 Å². The molecule has 0 saturated carbocycles. The molecule has 0 radical (unpaired) electrons. The van der Waals surface area contributed by atoms with E-state index in [-0.39, 0.29) is 18.9 Å². The van der Waals surface area contributed by atoms with Crippen LogP contribution in [-0.4, -0.2) is 61.7 Å². The van der Waals surface area contributed by atoms with Crippen LogP contribution in [0.25, 0.3) is 0 Å². The molecular weight excluding hydrogens is 479 g/mol. The van der Waals surface area contributed by atoms with Crippen molar-refractivity contribution in [2.45, 2.75) is 66.7 Å². The SMILES string of the molecule is C=C(/C=C\N(C)C1CCC(COP(OCOC(=O)C(C)(C)C)C(=O)OC(=O)C(C)(C)C)O1)NC=O. The van der Waals surface area contributed by atoms with Crippen LogP contribution in [-0.2, 0) is 37.6 Å². The van der Waals surface area contributed by atoms with Crippen molar-refractivity contribution < 1.29 is 42.4 Å². The van der Waals surface area contributed by atoms with Gasteiger partial charge < -0.3 is 29.0 Å². The third-order valence-electron chi connectivity index (χ3n) is 4.59. The summed E-state index contributed by atoms with van der Waals surface area (Å²) in [5.41, 5.74) is -2.20. The first-order chi connectivity index (χ1) is 16.1. The molecule has 1 rings (SSSR count). The average Bonchev–Trinajstić information content (AvgIpc) is 3.22. The van der Waals surface area contributed by atoms with Gasteiger partial charge in [-0.05, 0) is 60.5 Å². The summed E-state index contributed by atoms with van der Waals surface area (Å²) in [5, 5.41) is 2.44. The van der Waals surface area contributed by atoms with Crippen LogP contribution in [0.3, 0.4) is 0 Å². The molecule has 1 amide bonds. The lowest BCUT2D eigenvalue weighted by Crippen LogP contribution is -2.29. The molecule has 0 aliphatic carbocycles. The van der Waals surface area contributed by atoms with Crippen LogP contribution in [0.15, 0.2) is 24.6 Å². The van der Waals surface area contributed by atoms with E-state index in [9.17, 15) is 19.2 Å². The monoisotopic (exact) mass is 516 g/mol. The number of hydrogen-bond donors (Lipinski definition) is 1. The topological polar surface area (TPSA) is 130 Å². The van der Waals surface area contributed by atoms with Gasteiger partial charge in [-0.1, -0.05) is 6.58 Å². The molecule has 0 aromatic carbocycles. The van der Waals surface area contributed by atoms with E-state index in [1.807, 2.05) is 11.9 Å². The normalized spacial score (nSPS) is 19.2. The number of ether oxygens (including phenoxy) is 3. The summed E-state index contributed by atoms with van der Waals surface area (Å²) in [4.78, 5) is 48.9. The predicted molar refractivity (Wildman–Crippen MR) is 128 cm³/mol. The van der Waals surface area contributed by atoms with E-state index < -0.39 is 43.6 Å². The second-order valence-electron chi connectivity index (χ2n) is 9.95. The molecule has 1 saturated heterocycles. The van der Waals surface area contributed by atoms with Gasteiger partial charge in [-0.3, -0.25) is 18.9 Å². The van der Waals surface area contributed by atoms with Crippen molar-refractivity contribution in [3.63, 3.8) is 0 Å². The lowest BCUT2D eigenvalue weighted by Gasteiger charge is -2.24. The van der Waals surface area contributed by atoms with Gasteiger partial charge in [-0.2, -0.15) is 0 Å². The number of amides is 1.